The van der Waals surface area contributed by atoms with Gasteiger partial charge in [-0.3, -0.25) is 0 Å². The van der Waals surface area contributed by atoms with Gasteiger partial charge in [0.05, 0.1) is 63.6 Å². The second-order valence-corrected chi connectivity index (χ2v) is 11.1. The Morgan fingerprint density at radius 1 is 0.614 bits per heavy atom. The van der Waals surface area contributed by atoms with Crippen LogP contribution in [0.3, 0.4) is 0 Å². The summed E-state index contributed by atoms with van der Waals surface area (Å²) >= 11 is 0. The van der Waals surface area contributed by atoms with Crippen molar-refractivity contribution >= 4 is 17.1 Å². The fourth-order valence-corrected chi connectivity index (χ4v) is 6.01. The maximum absolute atomic E-state index is 9.63. The molecule has 208 valence electrons. The molecule has 44 heavy (non-hydrogen) atoms. The van der Waals surface area contributed by atoms with E-state index in [4.69, 9.17) is 4.74 Å². The molecule has 0 atom stereocenters. The Hall–Kier alpha value is -6.34. The Morgan fingerprint density at radius 2 is 1.11 bits per heavy atom. The average Bonchev–Trinajstić information content (AvgIpc) is 3.05. The third-order valence-corrected chi connectivity index (χ3v) is 7.98. The third kappa shape index (κ3) is 4.88. The monoisotopic (exact) mass is 567 g/mol. The van der Waals surface area contributed by atoms with Crippen molar-refractivity contribution in [3.05, 3.63) is 148 Å². The first-order chi connectivity index (χ1) is 21.4. The molecule has 0 bridgehead atoms. The van der Waals surface area contributed by atoms with Gasteiger partial charge >= 0.3 is 0 Å². The fraction of sp³-hybridized carbons (Fsp3) is 0.105. The van der Waals surface area contributed by atoms with Crippen molar-refractivity contribution in [1.29, 1.82) is 21.0 Å². The van der Waals surface area contributed by atoms with Crippen LogP contribution in [-0.2, 0) is 11.8 Å². The molecule has 0 saturated carbocycles. The van der Waals surface area contributed by atoms with Gasteiger partial charge in [0.25, 0.3) is 0 Å². The lowest BCUT2D eigenvalue weighted by atomic mass is 9.73. The number of anilines is 3. The molecule has 0 radical (unpaired) electrons. The van der Waals surface area contributed by atoms with Crippen LogP contribution in [0.5, 0.6) is 11.5 Å². The molecule has 0 spiro atoms. The van der Waals surface area contributed by atoms with Crippen LogP contribution >= 0.6 is 0 Å². The highest BCUT2D eigenvalue weighted by Crippen LogP contribution is 2.54. The normalized spacial score (nSPS) is 12.5. The first kappa shape index (κ1) is 27.8. The van der Waals surface area contributed by atoms with E-state index in [1.165, 1.54) is 6.07 Å². The van der Waals surface area contributed by atoms with Crippen LogP contribution in [-0.4, -0.2) is 0 Å². The summed E-state index contributed by atoms with van der Waals surface area (Å²) in [5.74, 6) is 0.902. The van der Waals surface area contributed by atoms with Crippen LogP contribution in [0, 0.1) is 45.3 Å². The second-order valence-electron chi connectivity index (χ2n) is 11.1. The molecule has 6 heteroatoms. The predicted octanol–water partition coefficient (Wildman–Crippen LogP) is 8.67. The molecule has 6 rings (SSSR count). The summed E-state index contributed by atoms with van der Waals surface area (Å²) in [7, 11) is 0. The zero-order valence-electron chi connectivity index (χ0n) is 24.2. The van der Waals surface area contributed by atoms with Gasteiger partial charge in [0.15, 0.2) is 5.75 Å². The molecule has 0 amide bonds. The molecule has 1 heterocycles. The average molecular weight is 568 g/mol. The molecule has 1 aliphatic rings. The van der Waals surface area contributed by atoms with Crippen molar-refractivity contribution in [2.45, 2.75) is 25.7 Å². The first-order valence-corrected chi connectivity index (χ1v) is 14.0. The highest BCUT2D eigenvalue weighted by Gasteiger charge is 2.38. The van der Waals surface area contributed by atoms with Crippen LogP contribution in [0.2, 0.25) is 0 Å². The molecule has 1 aliphatic heterocycles. The van der Waals surface area contributed by atoms with E-state index < -0.39 is 0 Å². The number of para-hydroxylation sites is 3. The lowest BCUT2D eigenvalue weighted by molar-refractivity contribution is 0.482. The van der Waals surface area contributed by atoms with Crippen molar-refractivity contribution in [3.63, 3.8) is 0 Å². The minimum Gasteiger partial charge on any atom is -0.455 e. The van der Waals surface area contributed by atoms with Crippen LogP contribution < -0.4 is 9.64 Å². The second kappa shape index (κ2) is 11.2. The van der Waals surface area contributed by atoms with E-state index in [1.54, 1.807) is 30.3 Å². The van der Waals surface area contributed by atoms with E-state index in [1.807, 2.05) is 42.5 Å². The molecular formula is C38H25N5O. The van der Waals surface area contributed by atoms with Crippen molar-refractivity contribution in [1.82, 2.24) is 0 Å². The molecular weight excluding hydrogens is 542 g/mol. The summed E-state index contributed by atoms with van der Waals surface area (Å²) in [5.41, 5.74) is 8.01. The van der Waals surface area contributed by atoms with Crippen LogP contribution in [0.1, 0.15) is 58.4 Å². The number of nitrogens with zero attached hydrogens (tertiary/aromatic N) is 5. The number of hydrogen-bond donors (Lipinski definition) is 0. The Kier molecular flexibility index (Phi) is 7.05. The van der Waals surface area contributed by atoms with Crippen LogP contribution in [0.25, 0.3) is 0 Å². The zero-order valence-corrected chi connectivity index (χ0v) is 24.2. The maximum atomic E-state index is 9.63. The number of nitriles is 4. The van der Waals surface area contributed by atoms with Gasteiger partial charge in [-0.15, -0.1) is 0 Å². The topological polar surface area (TPSA) is 108 Å². The zero-order chi connectivity index (χ0) is 30.8. The number of fused-ring (bicyclic) bond motifs is 2. The quantitative estimate of drug-likeness (QED) is 0.210. The van der Waals surface area contributed by atoms with Gasteiger partial charge in [-0.2, -0.15) is 21.0 Å². The summed E-state index contributed by atoms with van der Waals surface area (Å²) in [6.07, 6.45) is 0.419. The molecule has 0 unspecified atom stereocenters. The first-order valence-electron chi connectivity index (χ1n) is 14.0. The van der Waals surface area contributed by atoms with Gasteiger partial charge in [-0.05, 0) is 83.3 Å². The number of benzene rings is 5. The highest BCUT2D eigenvalue weighted by molar-refractivity contribution is 5.89. The Morgan fingerprint density at radius 3 is 1.64 bits per heavy atom. The van der Waals surface area contributed by atoms with Crippen molar-refractivity contribution in [2.24, 2.45) is 0 Å². The molecule has 0 saturated heterocycles. The van der Waals surface area contributed by atoms with Crippen molar-refractivity contribution in [3.8, 4) is 35.8 Å². The summed E-state index contributed by atoms with van der Waals surface area (Å²) in [5, 5.41) is 38.5. The van der Waals surface area contributed by atoms with Gasteiger partial charge < -0.3 is 9.64 Å². The number of rotatable bonds is 5. The van der Waals surface area contributed by atoms with Gasteiger partial charge in [-0.1, -0.05) is 62.4 Å². The van der Waals surface area contributed by atoms with Crippen molar-refractivity contribution in [2.75, 3.05) is 4.90 Å². The molecule has 6 nitrogen and oxygen atoms in total. The molecule has 0 fully saturated rings. The smallest absolute Gasteiger partial charge is 0.151 e. The maximum Gasteiger partial charge on any atom is 0.151 e. The van der Waals surface area contributed by atoms with Crippen LogP contribution in [0.15, 0.2) is 103 Å². The van der Waals surface area contributed by atoms with E-state index in [0.29, 0.717) is 40.2 Å². The third-order valence-electron chi connectivity index (χ3n) is 7.98. The Labute approximate surface area is 256 Å². The largest absolute Gasteiger partial charge is 0.455 e. The number of hydrogen-bond acceptors (Lipinski definition) is 6. The standard InChI is InChI=1S/C38H25N5O/c1-38(2)32-9-3-5-11-34(32)43(35-12-6-4-10-33(35)38)37-30(18-25-14-26(21-39)16-27(15-25)22-40)8-7-13-36(37)44-31-19-28(23-41)17-29(20-31)24-42/h3-17,19-20H,18H2,1-2H3. The van der Waals surface area contributed by atoms with Gasteiger partial charge in [0, 0.05) is 5.41 Å². The molecule has 0 N–H and O–H groups in total. The Bertz CT molecular complexity index is 1910. The molecule has 5 aromatic rings. The lowest BCUT2D eigenvalue weighted by Gasteiger charge is -2.42. The Balaban J connectivity index is 1.62. The SMILES string of the molecule is CC1(C)c2ccccc2N(c2c(Cc3cc(C#N)cc(C#N)c3)cccc2Oc2cc(C#N)cc(C#N)c2)c2ccccc21. The molecule has 5 aromatic carbocycles. The minimum absolute atomic E-state index is 0.273. The van der Waals surface area contributed by atoms with E-state index >= 15 is 0 Å². The van der Waals surface area contributed by atoms with Gasteiger partial charge in [0.2, 0.25) is 0 Å². The van der Waals surface area contributed by atoms with Crippen LogP contribution in [0.4, 0.5) is 17.1 Å². The fourth-order valence-electron chi connectivity index (χ4n) is 6.01. The summed E-state index contributed by atoms with van der Waals surface area (Å²) in [6, 6.07) is 40.9. The van der Waals surface area contributed by atoms with Gasteiger partial charge in [-0.25, -0.2) is 0 Å². The van der Waals surface area contributed by atoms with E-state index in [9.17, 15) is 21.0 Å². The highest BCUT2D eigenvalue weighted by atomic mass is 16.5. The number of ether oxygens (including phenoxy) is 1. The minimum atomic E-state index is -0.273. The van der Waals surface area contributed by atoms with E-state index in [-0.39, 0.29) is 5.41 Å². The molecule has 0 aliphatic carbocycles. The lowest BCUT2D eigenvalue weighted by Crippen LogP contribution is -2.31. The summed E-state index contributed by atoms with van der Waals surface area (Å²) in [4.78, 5) is 2.21. The van der Waals surface area contributed by atoms with Gasteiger partial charge in [0.1, 0.15) is 5.75 Å². The molecule has 0 aromatic heterocycles. The van der Waals surface area contributed by atoms with E-state index in [0.717, 1.165) is 39.3 Å². The van der Waals surface area contributed by atoms with E-state index in [2.05, 4.69) is 67.3 Å². The van der Waals surface area contributed by atoms with Crippen molar-refractivity contribution < 1.29 is 4.74 Å². The predicted molar refractivity (Wildman–Crippen MR) is 168 cm³/mol. The summed E-state index contributed by atoms with van der Waals surface area (Å²) in [6.45, 7) is 4.44. The summed E-state index contributed by atoms with van der Waals surface area (Å²) < 4.78 is 6.55.